The first-order chi connectivity index (χ1) is 8.56. The Morgan fingerprint density at radius 2 is 2.22 bits per heavy atom. The highest BCUT2D eigenvalue weighted by molar-refractivity contribution is 9.10. The molecule has 1 atom stereocenters. The molecule has 0 amide bonds. The van der Waals surface area contributed by atoms with Crippen molar-refractivity contribution in [3.8, 4) is 11.4 Å². The minimum absolute atomic E-state index is 0.352. The van der Waals surface area contributed by atoms with Crippen LogP contribution < -0.4 is 0 Å². The van der Waals surface area contributed by atoms with E-state index in [-0.39, 0.29) is 6.10 Å². The van der Waals surface area contributed by atoms with Gasteiger partial charge in [-0.15, -0.1) is 0 Å². The van der Waals surface area contributed by atoms with Gasteiger partial charge in [0, 0.05) is 16.5 Å². The Balaban J connectivity index is 2.18. The lowest BCUT2D eigenvalue weighted by Gasteiger charge is -2.00. The van der Waals surface area contributed by atoms with Crippen LogP contribution >= 0.6 is 15.9 Å². The number of aliphatic hydroxyl groups is 1. The van der Waals surface area contributed by atoms with E-state index in [1.807, 2.05) is 25.1 Å². The monoisotopic (exact) mass is 310 g/mol. The van der Waals surface area contributed by atoms with Crippen molar-refractivity contribution in [3.05, 3.63) is 34.1 Å². The van der Waals surface area contributed by atoms with Crippen LogP contribution in [-0.4, -0.2) is 21.4 Å². The van der Waals surface area contributed by atoms with Crippen LogP contribution in [-0.2, 0) is 6.42 Å². The first kappa shape index (κ1) is 13.2. The summed E-state index contributed by atoms with van der Waals surface area (Å²) >= 11 is 3.42. The number of rotatable bonds is 4. The minimum Gasteiger partial charge on any atom is -0.393 e. The molecule has 1 N–H and O–H groups in total. The first-order valence-corrected chi connectivity index (χ1v) is 6.62. The molecule has 0 saturated heterocycles. The topological polar surface area (TPSA) is 59.2 Å². The van der Waals surface area contributed by atoms with Crippen LogP contribution in [0.25, 0.3) is 11.4 Å². The number of aliphatic hydroxyl groups excluding tert-OH is 1. The molecule has 5 heteroatoms. The molecule has 2 aromatic rings. The Hall–Kier alpha value is -1.20. The van der Waals surface area contributed by atoms with Crippen LogP contribution in [0.5, 0.6) is 0 Å². The quantitative estimate of drug-likeness (QED) is 0.942. The Bertz CT molecular complexity index is 538. The Labute approximate surface area is 114 Å². The first-order valence-electron chi connectivity index (χ1n) is 5.83. The maximum Gasteiger partial charge on any atom is 0.227 e. The lowest BCUT2D eigenvalue weighted by molar-refractivity contribution is 0.180. The summed E-state index contributed by atoms with van der Waals surface area (Å²) in [6, 6.07) is 5.93. The fraction of sp³-hybridized carbons (Fsp3) is 0.385. The highest BCUT2D eigenvalue weighted by Crippen LogP contribution is 2.24. The molecule has 1 aromatic carbocycles. The van der Waals surface area contributed by atoms with Gasteiger partial charge in [-0.05, 0) is 44.0 Å². The third-order valence-electron chi connectivity index (χ3n) is 2.67. The van der Waals surface area contributed by atoms with Gasteiger partial charge in [0.1, 0.15) is 0 Å². The van der Waals surface area contributed by atoms with Crippen molar-refractivity contribution < 1.29 is 9.63 Å². The van der Waals surface area contributed by atoms with Gasteiger partial charge in [-0.25, -0.2) is 0 Å². The molecular weight excluding hydrogens is 296 g/mol. The molecule has 0 spiro atoms. The predicted molar refractivity (Wildman–Crippen MR) is 72.2 cm³/mol. The van der Waals surface area contributed by atoms with Crippen molar-refractivity contribution in [2.45, 2.75) is 32.8 Å². The van der Waals surface area contributed by atoms with Gasteiger partial charge >= 0.3 is 0 Å². The van der Waals surface area contributed by atoms with Crippen molar-refractivity contribution in [3.63, 3.8) is 0 Å². The third kappa shape index (κ3) is 3.17. The SMILES string of the molecule is Cc1cc(Br)ccc1-c1noc(CCC(C)O)n1. The predicted octanol–water partition coefficient (Wildman–Crippen LogP) is 3.12. The van der Waals surface area contributed by atoms with Crippen molar-refractivity contribution in [2.75, 3.05) is 0 Å². The molecule has 0 radical (unpaired) electrons. The zero-order valence-corrected chi connectivity index (χ0v) is 11.9. The molecule has 0 saturated carbocycles. The molecule has 4 nitrogen and oxygen atoms in total. The summed E-state index contributed by atoms with van der Waals surface area (Å²) in [4.78, 5) is 4.34. The number of benzene rings is 1. The largest absolute Gasteiger partial charge is 0.393 e. The smallest absolute Gasteiger partial charge is 0.227 e. The number of nitrogens with zero attached hydrogens (tertiary/aromatic N) is 2. The summed E-state index contributed by atoms with van der Waals surface area (Å²) in [6.45, 7) is 3.75. The van der Waals surface area contributed by atoms with Gasteiger partial charge < -0.3 is 9.63 Å². The molecule has 0 aliphatic heterocycles. The number of hydrogen-bond donors (Lipinski definition) is 1. The van der Waals surface area contributed by atoms with Crippen LogP contribution in [0, 0.1) is 6.92 Å². The van der Waals surface area contributed by atoms with Crippen molar-refractivity contribution in [2.24, 2.45) is 0 Å². The lowest BCUT2D eigenvalue weighted by atomic mass is 10.1. The van der Waals surface area contributed by atoms with Gasteiger partial charge in [-0.2, -0.15) is 4.98 Å². The minimum atomic E-state index is -0.352. The lowest BCUT2D eigenvalue weighted by Crippen LogP contribution is -2.01. The standard InChI is InChI=1S/C13H15BrN2O2/c1-8-7-10(14)4-5-11(8)13-15-12(18-16-13)6-3-9(2)17/h4-5,7,9,17H,3,6H2,1-2H3. The van der Waals surface area contributed by atoms with E-state index in [1.54, 1.807) is 6.92 Å². The molecule has 96 valence electrons. The molecule has 0 fully saturated rings. The Kier molecular flexibility index (Phi) is 4.14. The molecule has 18 heavy (non-hydrogen) atoms. The zero-order valence-electron chi connectivity index (χ0n) is 10.4. The normalized spacial score (nSPS) is 12.7. The summed E-state index contributed by atoms with van der Waals surface area (Å²) in [5.74, 6) is 1.16. The second-order valence-corrected chi connectivity index (χ2v) is 5.27. The molecule has 0 bridgehead atoms. The average molecular weight is 311 g/mol. The molecule has 1 heterocycles. The average Bonchev–Trinajstić information content (AvgIpc) is 2.75. The van der Waals surface area contributed by atoms with Gasteiger partial charge in [0.15, 0.2) is 0 Å². The Morgan fingerprint density at radius 3 is 2.89 bits per heavy atom. The van der Waals surface area contributed by atoms with Crippen LogP contribution in [0.1, 0.15) is 24.8 Å². The second-order valence-electron chi connectivity index (χ2n) is 4.36. The van der Waals surface area contributed by atoms with Crippen LogP contribution in [0.15, 0.2) is 27.2 Å². The molecule has 1 aromatic heterocycles. The molecule has 1 unspecified atom stereocenters. The van der Waals surface area contributed by atoms with E-state index in [4.69, 9.17) is 4.52 Å². The van der Waals surface area contributed by atoms with E-state index >= 15 is 0 Å². The van der Waals surface area contributed by atoms with E-state index in [9.17, 15) is 5.11 Å². The summed E-state index contributed by atoms with van der Waals surface area (Å²) in [5, 5.41) is 13.2. The van der Waals surface area contributed by atoms with Crippen LogP contribution in [0.3, 0.4) is 0 Å². The second kappa shape index (κ2) is 5.63. The fourth-order valence-corrected chi connectivity index (χ4v) is 2.15. The van der Waals surface area contributed by atoms with Gasteiger partial charge in [0.05, 0.1) is 6.10 Å². The van der Waals surface area contributed by atoms with Gasteiger partial charge in [-0.1, -0.05) is 21.1 Å². The van der Waals surface area contributed by atoms with Gasteiger partial charge in [0.25, 0.3) is 0 Å². The summed E-state index contributed by atoms with van der Waals surface area (Å²) in [5.41, 5.74) is 2.05. The number of aromatic nitrogens is 2. The highest BCUT2D eigenvalue weighted by Gasteiger charge is 2.11. The van der Waals surface area contributed by atoms with E-state index in [2.05, 4.69) is 26.1 Å². The molecule has 0 aliphatic rings. The molecule has 2 rings (SSSR count). The number of aryl methyl sites for hydroxylation is 2. The third-order valence-corrected chi connectivity index (χ3v) is 3.17. The van der Waals surface area contributed by atoms with Gasteiger partial charge in [-0.3, -0.25) is 0 Å². The van der Waals surface area contributed by atoms with Gasteiger partial charge in [0.2, 0.25) is 11.7 Å². The van der Waals surface area contributed by atoms with Crippen molar-refractivity contribution in [1.82, 2.24) is 10.1 Å². The zero-order chi connectivity index (χ0) is 13.1. The van der Waals surface area contributed by atoms with E-state index < -0.39 is 0 Å². The molecule has 0 aliphatic carbocycles. The highest BCUT2D eigenvalue weighted by atomic mass is 79.9. The summed E-state index contributed by atoms with van der Waals surface area (Å²) in [7, 11) is 0. The molecular formula is C13H15BrN2O2. The van der Waals surface area contributed by atoms with Crippen LogP contribution in [0.4, 0.5) is 0 Å². The fourth-order valence-electron chi connectivity index (χ4n) is 1.68. The van der Waals surface area contributed by atoms with E-state index in [0.29, 0.717) is 24.6 Å². The number of hydrogen-bond acceptors (Lipinski definition) is 4. The van der Waals surface area contributed by atoms with E-state index in [1.165, 1.54) is 0 Å². The van der Waals surface area contributed by atoms with Crippen LogP contribution in [0.2, 0.25) is 0 Å². The maximum atomic E-state index is 9.22. The van der Waals surface area contributed by atoms with Crippen molar-refractivity contribution in [1.29, 1.82) is 0 Å². The summed E-state index contributed by atoms with van der Waals surface area (Å²) in [6.07, 6.45) is 0.871. The summed E-state index contributed by atoms with van der Waals surface area (Å²) < 4.78 is 6.20. The van der Waals surface area contributed by atoms with Crippen molar-refractivity contribution >= 4 is 15.9 Å². The maximum absolute atomic E-state index is 9.22. The Morgan fingerprint density at radius 1 is 1.44 bits per heavy atom. The van der Waals surface area contributed by atoms with E-state index in [0.717, 1.165) is 15.6 Å². The number of halogens is 1.